The molecule has 0 aliphatic carbocycles. The Balaban J connectivity index is 2.24. The summed E-state index contributed by atoms with van der Waals surface area (Å²) in [6.45, 7) is 5.97. The third kappa shape index (κ3) is 3.18. The van der Waals surface area contributed by atoms with Crippen molar-refractivity contribution in [2.24, 2.45) is 5.73 Å². The Morgan fingerprint density at radius 3 is 2.40 bits per heavy atom. The minimum atomic E-state index is 0.125. The van der Waals surface area contributed by atoms with Crippen LogP contribution >= 0.6 is 0 Å². The van der Waals surface area contributed by atoms with Gasteiger partial charge in [0.2, 0.25) is 0 Å². The van der Waals surface area contributed by atoms with E-state index in [1.54, 1.807) is 0 Å². The molecule has 20 heavy (non-hydrogen) atoms. The molecule has 0 aliphatic rings. The summed E-state index contributed by atoms with van der Waals surface area (Å²) in [5.74, 6) is 0.125. The lowest BCUT2D eigenvalue weighted by molar-refractivity contribution is 0.831. The first kappa shape index (κ1) is 14.1. The second-order valence-corrected chi connectivity index (χ2v) is 4.91. The van der Waals surface area contributed by atoms with Crippen LogP contribution < -0.4 is 10.6 Å². The summed E-state index contributed by atoms with van der Waals surface area (Å²) in [7, 11) is 0. The molecule has 3 heteroatoms. The van der Waals surface area contributed by atoms with Gasteiger partial charge in [0.1, 0.15) is 5.84 Å². The molecular weight excluding hydrogens is 246 g/mol. The van der Waals surface area contributed by atoms with E-state index >= 15 is 0 Å². The maximum atomic E-state index is 7.54. The topological polar surface area (TPSA) is 53.1 Å². The van der Waals surface area contributed by atoms with Gasteiger partial charge >= 0.3 is 0 Å². The van der Waals surface area contributed by atoms with Gasteiger partial charge in [0, 0.05) is 24.3 Å². The van der Waals surface area contributed by atoms with Gasteiger partial charge in [0.25, 0.3) is 0 Å². The third-order valence-corrected chi connectivity index (χ3v) is 3.46. The molecule has 3 N–H and O–H groups in total. The van der Waals surface area contributed by atoms with Gasteiger partial charge in [-0.25, -0.2) is 0 Å². The highest BCUT2D eigenvalue weighted by atomic mass is 15.1. The zero-order chi connectivity index (χ0) is 14.5. The van der Waals surface area contributed by atoms with E-state index in [9.17, 15) is 0 Å². The van der Waals surface area contributed by atoms with Crippen LogP contribution in [-0.2, 0) is 6.54 Å². The lowest BCUT2D eigenvalue weighted by Gasteiger charge is -2.24. The quantitative estimate of drug-likeness (QED) is 0.645. The highest BCUT2D eigenvalue weighted by Gasteiger charge is 2.08. The SMILES string of the molecule is CCN(Cc1ccccc1)c1ccc(C(=N)N)c(C)c1. The summed E-state index contributed by atoms with van der Waals surface area (Å²) < 4.78 is 0. The Kier molecular flexibility index (Phi) is 4.41. The monoisotopic (exact) mass is 267 g/mol. The number of aryl methyl sites for hydroxylation is 1. The first-order valence-electron chi connectivity index (χ1n) is 6.85. The minimum absolute atomic E-state index is 0.125. The van der Waals surface area contributed by atoms with Crippen molar-refractivity contribution in [3.8, 4) is 0 Å². The summed E-state index contributed by atoms with van der Waals surface area (Å²) >= 11 is 0. The molecule has 0 saturated heterocycles. The maximum Gasteiger partial charge on any atom is 0.123 e. The fourth-order valence-corrected chi connectivity index (χ4v) is 2.34. The van der Waals surface area contributed by atoms with Gasteiger partial charge in [-0.15, -0.1) is 0 Å². The van der Waals surface area contributed by atoms with Gasteiger partial charge in [-0.3, -0.25) is 5.41 Å². The minimum Gasteiger partial charge on any atom is -0.384 e. The molecule has 0 radical (unpaired) electrons. The van der Waals surface area contributed by atoms with Crippen molar-refractivity contribution in [3.63, 3.8) is 0 Å². The molecule has 0 amide bonds. The van der Waals surface area contributed by atoms with Crippen molar-refractivity contribution >= 4 is 11.5 Å². The molecule has 0 aromatic heterocycles. The largest absolute Gasteiger partial charge is 0.384 e. The Labute approximate surface area is 120 Å². The van der Waals surface area contributed by atoms with Crippen LogP contribution in [0.15, 0.2) is 48.5 Å². The Morgan fingerprint density at radius 1 is 1.15 bits per heavy atom. The second-order valence-electron chi connectivity index (χ2n) is 4.91. The highest BCUT2D eigenvalue weighted by Crippen LogP contribution is 2.21. The van der Waals surface area contributed by atoms with Crippen LogP contribution in [-0.4, -0.2) is 12.4 Å². The molecule has 0 fully saturated rings. The van der Waals surface area contributed by atoms with Gasteiger partial charge < -0.3 is 10.6 Å². The average Bonchev–Trinajstić information content (AvgIpc) is 2.45. The van der Waals surface area contributed by atoms with Crippen molar-refractivity contribution in [3.05, 3.63) is 65.2 Å². The van der Waals surface area contributed by atoms with Gasteiger partial charge in [0.15, 0.2) is 0 Å². The summed E-state index contributed by atoms with van der Waals surface area (Å²) in [6, 6.07) is 16.5. The summed E-state index contributed by atoms with van der Waals surface area (Å²) in [4.78, 5) is 2.31. The van der Waals surface area contributed by atoms with Crippen LogP contribution in [0.4, 0.5) is 5.69 Å². The van der Waals surface area contributed by atoms with Crippen molar-refractivity contribution in [1.82, 2.24) is 0 Å². The first-order valence-corrected chi connectivity index (χ1v) is 6.85. The fraction of sp³-hybridized carbons (Fsp3) is 0.235. The van der Waals surface area contributed by atoms with E-state index in [0.717, 1.165) is 24.2 Å². The fourth-order valence-electron chi connectivity index (χ4n) is 2.34. The maximum absolute atomic E-state index is 7.54. The molecule has 0 saturated carbocycles. The molecule has 0 spiro atoms. The molecule has 2 aromatic rings. The van der Waals surface area contributed by atoms with Crippen LogP contribution in [0.3, 0.4) is 0 Å². The number of nitrogen functional groups attached to an aromatic ring is 1. The number of hydrogen-bond acceptors (Lipinski definition) is 2. The molecule has 2 rings (SSSR count). The molecule has 104 valence electrons. The van der Waals surface area contributed by atoms with Crippen molar-refractivity contribution in [1.29, 1.82) is 5.41 Å². The van der Waals surface area contributed by atoms with Crippen LogP contribution in [0, 0.1) is 12.3 Å². The van der Waals surface area contributed by atoms with E-state index in [0.29, 0.717) is 0 Å². The van der Waals surface area contributed by atoms with Gasteiger partial charge in [-0.1, -0.05) is 30.3 Å². The standard InChI is InChI=1S/C17H21N3/c1-3-20(12-14-7-5-4-6-8-14)15-9-10-16(17(18)19)13(2)11-15/h4-11H,3,12H2,1-2H3,(H3,18,19). The van der Waals surface area contributed by atoms with Gasteiger partial charge in [-0.05, 0) is 43.2 Å². The second kappa shape index (κ2) is 6.24. The zero-order valence-electron chi connectivity index (χ0n) is 12.1. The molecular formula is C17H21N3. The highest BCUT2D eigenvalue weighted by molar-refractivity contribution is 5.96. The molecule has 0 bridgehead atoms. The van der Waals surface area contributed by atoms with Gasteiger partial charge in [0.05, 0.1) is 0 Å². The van der Waals surface area contributed by atoms with Crippen molar-refractivity contribution in [2.75, 3.05) is 11.4 Å². The molecule has 3 nitrogen and oxygen atoms in total. The van der Waals surface area contributed by atoms with Crippen LogP contribution in [0.25, 0.3) is 0 Å². The van der Waals surface area contributed by atoms with Crippen LogP contribution in [0.5, 0.6) is 0 Å². The summed E-state index contributed by atoms with van der Waals surface area (Å²) in [5, 5.41) is 7.54. The Bertz CT molecular complexity index is 590. The first-order chi connectivity index (χ1) is 9.61. The number of hydrogen-bond donors (Lipinski definition) is 2. The number of amidine groups is 1. The van der Waals surface area contributed by atoms with E-state index in [2.05, 4.69) is 42.2 Å². The number of rotatable bonds is 5. The van der Waals surface area contributed by atoms with E-state index in [1.807, 2.05) is 25.1 Å². The van der Waals surface area contributed by atoms with Crippen LogP contribution in [0.2, 0.25) is 0 Å². The molecule has 0 aliphatic heterocycles. The Morgan fingerprint density at radius 2 is 1.85 bits per heavy atom. The summed E-state index contributed by atoms with van der Waals surface area (Å²) in [5.41, 5.74) is 9.88. The predicted octanol–water partition coefficient (Wildman–Crippen LogP) is 3.31. The number of nitrogens with one attached hydrogen (secondary N) is 1. The number of anilines is 1. The normalized spacial score (nSPS) is 10.3. The van der Waals surface area contributed by atoms with E-state index in [1.165, 1.54) is 11.3 Å². The number of nitrogens with two attached hydrogens (primary N) is 1. The van der Waals surface area contributed by atoms with E-state index < -0.39 is 0 Å². The van der Waals surface area contributed by atoms with Gasteiger partial charge in [-0.2, -0.15) is 0 Å². The van der Waals surface area contributed by atoms with Crippen molar-refractivity contribution in [2.45, 2.75) is 20.4 Å². The summed E-state index contributed by atoms with van der Waals surface area (Å²) in [6.07, 6.45) is 0. The average molecular weight is 267 g/mol. The third-order valence-electron chi connectivity index (χ3n) is 3.46. The van der Waals surface area contributed by atoms with E-state index in [-0.39, 0.29) is 5.84 Å². The molecule has 0 unspecified atom stereocenters. The number of benzene rings is 2. The lowest BCUT2D eigenvalue weighted by atomic mass is 10.1. The Hall–Kier alpha value is -2.29. The van der Waals surface area contributed by atoms with Crippen molar-refractivity contribution < 1.29 is 0 Å². The molecule has 0 heterocycles. The predicted molar refractivity (Wildman–Crippen MR) is 85.4 cm³/mol. The molecule has 0 atom stereocenters. The number of nitrogens with zero attached hydrogens (tertiary/aromatic N) is 1. The lowest BCUT2D eigenvalue weighted by Crippen LogP contribution is -2.22. The van der Waals surface area contributed by atoms with E-state index in [4.69, 9.17) is 11.1 Å². The molecule has 2 aromatic carbocycles. The smallest absolute Gasteiger partial charge is 0.123 e. The van der Waals surface area contributed by atoms with Crippen LogP contribution in [0.1, 0.15) is 23.6 Å². The zero-order valence-corrected chi connectivity index (χ0v) is 12.1.